The molecule has 1 atom stereocenters. The average molecular weight is 257 g/mol. The molecule has 0 fully saturated rings. The zero-order chi connectivity index (χ0) is 13.0. The Balaban J connectivity index is 2.92. The lowest BCUT2D eigenvalue weighted by Crippen LogP contribution is -2.18. The second-order valence-corrected chi connectivity index (χ2v) is 4.97. The molecule has 5 heteroatoms. The molecular weight excluding hydrogens is 240 g/mol. The highest BCUT2D eigenvalue weighted by molar-refractivity contribution is 6.33. The van der Waals surface area contributed by atoms with Gasteiger partial charge in [-0.1, -0.05) is 31.5 Å². The smallest absolute Gasteiger partial charge is 0.293 e. The Morgan fingerprint density at radius 1 is 1.41 bits per heavy atom. The Labute approximate surface area is 106 Å². The first-order valence-electron chi connectivity index (χ1n) is 5.61. The van der Waals surface area contributed by atoms with Gasteiger partial charge in [0.2, 0.25) is 0 Å². The summed E-state index contributed by atoms with van der Waals surface area (Å²) in [5, 5.41) is 14.4. The topological polar surface area (TPSA) is 55.2 Å². The second kappa shape index (κ2) is 5.87. The lowest BCUT2D eigenvalue weighted by atomic mass is 10.0. The number of hydrogen-bond acceptors (Lipinski definition) is 3. The molecule has 0 aromatic heterocycles. The van der Waals surface area contributed by atoms with Gasteiger partial charge in [0.25, 0.3) is 5.69 Å². The number of benzene rings is 1. The summed E-state index contributed by atoms with van der Waals surface area (Å²) >= 11 is 5.99. The normalized spacial score (nSPS) is 12.5. The highest BCUT2D eigenvalue weighted by atomic mass is 35.5. The van der Waals surface area contributed by atoms with Crippen molar-refractivity contribution in [2.75, 3.05) is 5.32 Å². The molecule has 1 N–H and O–H groups in total. The summed E-state index contributed by atoms with van der Waals surface area (Å²) < 4.78 is 0. The quantitative estimate of drug-likeness (QED) is 0.638. The van der Waals surface area contributed by atoms with Crippen LogP contribution in [0, 0.1) is 16.0 Å². The minimum absolute atomic E-state index is 0.0214. The van der Waals surface area contributed by atoms with Crippen LogP contribution in [0.4, 0.5) is 11.4 Å². The number of para-hydroxylation sites is 1. The SMILES string of the molecule is CC(C)CC(C)Nc1c(Cl)cccc1[N+](=O)[O-]. The van der Waals surface area contributed by atoms with Gasteiger partial charge < -0.3 is 5.32 Å². The molecule has 0 spiro atoms. The van der Waals surface area contributed by atoms with Crippen LogP contribution in [0.3, 0.4) is 0 Å². The van der Waals surface area contributed by atoms with Crippen LogP contribution in [0.1, 0.15) is 27.2 Å². The monoisotopic (exact) mass is 256 g/mol. The number of hydrogen-bond donors (Lipinski definition) is 1. The molecule has 1 rings (SSSR count). The van der Waals surface area contributed by atoms with Crippen molar-refractivity contribution in [2.45, 2.75) is 33.2 Å². The van der Waals surface area contributed by atoms with Crippen molar-refractivity contribution >= 4 is 23.0 Å². The fraction of sp³-hybridized carbons (Fsp3) is 0.500. The summed E-state index contributed by atoms with van der Waals surface area (Å²) in [7, 11) is 0. The molecule has 94 valence electrons. The molecule has 1 aromatic carbocycles. The van der Waals surface area contributed by atoms with E-state index >= 15 is 0 Å². The standard InChI is InChI=1S/C12H17ClN2O2/c1-8(2)7-9(3)14-12-10(13)5-4-6-11(12)15(16)17/h4-6,8-9,14H,7H2,1-3H3. The van der Waals surface area contributed by atoms with E-state index in [4.69, 9.17) is 11.6 Å². The number of rotatable bonds is 5. The van der Waals surface area contributed by atoms with Gasteiger partial charge in [0.05, 0.1) is 9.95 Å². The van der Waals surface area contributed by atoms with Crippen molar-refractivity contribution < 1.29 is 4.92 Å². The van der Waals surface area contributed by atoms with Crippen LogP contribution in [0.2, 0.25) is 5.02 Å². The molecular formula is C12H17ClN2O2. The van der Waals surface area contributed by atoms with Gasteiger partial charge in [-0.25, -0.2) is 0 Å². The molecule has 0 aliphatic carbocycles. The van der Waals surface area contributed by atoms with Crippen LogP contribution in [-0.2, 0) is 0 Å². The van der Waals surface area contributed by atoms with Gasteiger partial charge in [-0.3, -0.25) is 10.1 Å². The Morgan fingerprint density at radius 2 is 2.06 bits per heavy atom. The predicted octanol–water partition coefficient (Wildman–Crippen LogP) is 4.09. The van der Waals surface area contributed by atoms with E-state index in [0.29, 0.717) is 16.6 Å². The number of nitrogens with one attached hydrogen (secondary N) is 1. The third-order valence-corrected chi connectivity index (χ3v) is 2.72. The molecule has 1 unspecified atom stereocenters. The van der Waals surface area contributed by atoms with E-state index in [1.807, 2.05) is 6.92 Å². The van der Waals surface area contributed by atoms with E-state index in [-0.39, 0.29) is 11.7 Å². The zero-order valence-electron chi connectivity index (χ0n) is 10.2. The minimum atomic E-state index is -0.420. The molecule has 17 heavy (non-hydrogen) atoms. The van der Waals surface area contributed by atoms with E-state index in [1.165, 1.54) is 6.07 Å². The van der Waals surface area contributed by atoms with E-state index in [1.54, 1.807) is 12.1 Å². The van der Waals surface area contributed by atoms with Crippen LogP contribution < -0.4 is 5.32 Å². The fourth-order valence-corrected chi connectivity index (χ4v) is 2.04. The maximum Gasteiger partial charge on any atom is 0.293 e. The third-order valence-electron chi connectivity index (χ3n) is 2.40. The van der Waals surface area contributed by atoms with Crippen LogP contribution in [0.5, 0.6) is 0 Å². The van der Waals surface area contributed by atoms with Gasteiger partial charge in [-0.15, -0.1) is 0 Å². The lowest BCUT2D eigenvalue weighted by molar-refractivity contribution is -0.384. The average Bonchev–Trinajstić information content (AvgIpc) is 2.19. The van der Waals surface area contributed by atoms with Crippen LogP contribution in [0.25, 0.3) is 0 Å². The van der Waals surface area contributed by atoms with E-state index in [9.17, 15) is 10.1 Å². The van der Waals surface area contributed by atoms with E-state index in [2.05, 4.69) is 19.2 Å². The number of nitro benzene ring substituents is 1. The number of nitrogens with zero attached hydrogens (tertiary/aromatic N) is 1. The fourth-order valence-electron chi connectivity index (χ4n) is 1.82. The van der Waals surface area contributed by atoms with E-state index < -0.39 is 4.92 Å². The molecule has 0 aliphatic rings. The van der Waals surface area contributed by atoms with Gasteiger partial charge in [0.1, 0.15) is 5.69 Å². The molecule has 0 saturated heterocycles. The Bertz CT molecular complexity index is 407. The highest BCUT2D eigenvalue weighted by Crippen LogP contribution is 2.32. The van der Waals surface area contributed by atoms with Crippen molar-refractivity contribution in [3.63, 3.8) is 0 Å². The van der Waals surface area contributed by atoms with Crippen molar-refractivity contribution in [3.05, 3.63) is 33.3 Å². The first-order valence-corrected chi connectivity index (χ1v) is 5.99. The molecule has 4 nitrogen and oxygen atoms in total. The molecule has 0 amide bonds. The number of nitro groups is 1. The van der Waals surface area contributed by atoms with Gasteiger partial charge >= 0.3 is 0 Å². The summed E-state index contributed by atoms with van der Waals surface area (Å²) in [6.07, 6.45) is 0.933. The van der Waals surface area contributed by atoms with Crippen molar-refractivity contribution in [1.82, 2.24) is 0 Å². The molecule has 0 aliphatic heterocycles. The van der Waals surface area contributed by atoms with Crippen molar-refractivity contribution in [2.24, 2.45) is 5.92 Å². The molecule has 0 heterocycles. The first-order chi connectivity index (χ1) is 7.91. The Morgan fingerprint density at radius 3 is 2.59 bits per heavy atom. The predicted molar refractivity (Wildman–Crippen MR) is 70.6 cm³/mol. The third kappa shape index (κ3) is 3.89. The van der Waals surface area contributed by atoms with Crippen molar-refractivity contribution in [1.29, 1.82) is 0 Å². The largest absolute Gasteiger partial charge is 0.376 e. The van der Waals surface area contributed by atoms with Crippen LogP contribution >= 0.6 is 11.6 Å². The summed E-state index contributed by atoms with van der Waals surface area (Å²) in [4.78, 5) is 10.5. The Hall–Kier alpha value is -1.29. The summed E-state index contributed by atoms with van der Waals surface area (Å²) in [6.45, 7) is 6.21. The van der Waals surface area contributed by atoms with Gasteiger partial charge in [0, 0.05) is 12.1 Å². The molecule has 0 saturated carbocycles. The molecule has 1 aromatic rings. The highest BCUT2D eigenvalue weighted by Gasteiger charge is 2.18. The van der Waals surface area contributed by atoms with Crippen LogP contribution in [0.15, 0.2) is 18.2 Å². The minimum Gasteiger partial charge on any atom is -0.376 e. The van der Waals surface area contributed by atoms with Gasteiger partial charge in [-0.05, 0) is 25.3 Å². The maximum atomic E-state index is 10.9. The number of halogens is 1. The summed E-state index contributed by atoms with van der Waals surface area (Å²) in [6, 6.07) is 4.84. The Kier molecular flexibility index (Phi) is 4.75. The van der Waals surface area contributed by atoms with Crippen LogP contribution in [-0.4, -0.2) is 11.0 Å². The first kappa shape index (κ1) is 13.8. The van der Waals surface area contributed by atoms with Gasteiger partial charge in [-0.2, -0.15) is 0 Å². The molecule has 0 bridgehead atoms. The van der Waals surface area contributed by atoms with Gasteiger partial charge in [0.15, 0.2) is 0 Å². The van der Waals surface area contributed by atoms with Crippen molar-refractivity contribution in [3.8, 4) is 0 Å². The maximum absolute atomic E-state index is 10.9. The summed E-state index contributed by atoms with van der Waals surface area (Å²) in [5.41, 5.74) is 0.431. The number of anilines is 1. The second-order valence-electron chi connectivity index (χ2n) is 4.57. The lowest BCUT2D eigenvalue weighted by Gasteiger charge is -2.17. The van der Waals surface area contributed by atoms with E-state index in [0.717, 1.165) is 6.42 Å². The summed E-state index contributed by atoms with van der Waals surface area (Å²) in [5.74, 6) is 0.527. The zero-order valence-corrected chi connectivity index (χ0v) is 11.0. The molecule has 0 radical (unpaired) electrons.